The number of pyridine rings is 1. The Hall–Kier alpha value is -1.50. The second kappa shape index (κ2) is 6.09. The summed E-state index contributed by atoms with van der Waals surface area (Å²) in [5.74, 6) is 0.503. The average Bonchev–Trinajstić information content (AvgIpc) is 3.23. The van der Waals surface area contributed by atoms with Crippen molar-refractivity contribution in [1.82, 2.24) is 4.98 Å². The lowest BCUT2D eigenvalue weighted by Crippen LogP contribution is -2.38. The van der Waals surface area contributed by atoms with E-state index in [1.807, 2.05) is 11.8 Å². The molecule has 4 nitrogen and oxygen atoms in total. The summed E-state index contributed by atoms with van der Waals surface area (Å²) in [5, 5.41) is 0. The molecule has 0 aliphatic heterocycles. The molecule has 1 unspecified atom stereocenters. The van der Waals surface area contributed by atoms with Crippen LogP contribution in [0.15, 0.2) is 12.3 Å². The van der Waals surface area contributed by atoms with Gasteiger partial charge < -0.3 is 15.4 Å². The highest BCUT2D eigenvalue weighted by molar-refractivity contribution is 5.67. The Bertz CT molecular complexity index is 489. The molecule has 0 bridgehead atoms. The molecule has 1 aliphatic rings. The fourth-order valence-corrected chi connectivity index (χ4v) is 2.43. The molecule has 0 amide bonds. The molecule has 0 saturated heterocycles. The van der Waals surface area contributed by atoms with E-state index >= 15 is 0 Å². The minimum absolute atomic E-state index is 0.130. The number of aromatic nitrogens is 1. The predicted octanol–water partition coefficient (Wildman–Crippen LogP) is 2.93. The summed E-state index contributed by atoms with van der Waals surface area (Å²) in [4.78, 5) is 5.28. The fraction of sp³-hybridized carbons (Fsp3) is 0.643. The molecule has 0 aromatic carbocycles. The van der Waals surface area contributed by atoms with Crippen LogP contribution in [0.4, 0.5) is 24.5 Å². The van der Waals surface area contributed by atoms with Gasteiger partial charge in [0.15, 0.2) is 0 Å². The molecule has 1 saturated carbocycles. The SMILES string of the molecule is COCCN(c1cc(C(F)(F)F)ncc1N)C(C)C1CC1. The number of anilines is 2. The van der Waals surface area contributed by atoms with Crippen molar-refractivity contribution in [3.8, 4) is 0 Å². The third kappa shape index (κ3) is 3.78. The van der Waals surface area contributed by atoms with Crippen molar-refractivity contribution in [2.24, 2.45) is 5.92 Å². The monoisotopic (exact) mass is 303 g/mol. The van der Waals surface area contributed by atoms with Gasteiger partial charge in [-0.05, 0) is 31.7 Å². The Morgan fingerprint density at radius 1 is 1.48 bits per heavy atom. The number of hydrogen-bond acceptors (Lipinski definition) is 4. The molecule has 1 fully saturated rings. The number of rotatable bonds is 6. The van der Waals surface area contributed by atoms with E-state index in [-0.39, 0.29) is 11.7 Å². The van der Waals surface area contributed by atoms with Gasteiger partial charge in [-0.3, -0.25) is 0 Å². The lowest BCUT2D eigenvalue weighted by molar-refractivity contribution is -0.141. The smallest absolute Gasteiger partial charge is 0.396 e. The lowest BCUT2D eigenvalue weighted by atomic mass is 10.1. The molecule has 2 N–H and O–H groups in total. The number of nitrogens with zero attached hydrogens (tertiary/aromatic N) is 2. The molecule has 0 radical (unpaired) electrons. The maximum atomic E-state index is 12.8. The summed E-state index contributed by atoms with van der Waals surface area (Å²) in [6.07, 6.45) is -1.20. The quantitative estimate of drug-likeness (QED) is 0.878. The second-order valence-corrected chi connectivity index (χ2v) is 5.39. The Labute approximate surface area is 122 Å². The Balaban J connectivity index is 2.33. The van der Waals surface area contributed by atoms with Gasteiger partial charge >= 0.3 is 6.18 Å². The van der Waals surface area contributed by atoms with Crippen LogP contribution in [0.2, 0.25) is 0 Å². The van der Waals surface area contributed by atoms with E-state index in [1.54, 1.807) is 7.11 Å². The molecule has 0 spiro atoms. The van der Waals surface area contributed by atoms with Gasteiger partial charge in [0.25, 0.3) is 0 Å². The molecular weight excluding hydrogens is 283 g/mol. The highest BCUT2D eigenvalue weighted by Gasteiger charge is 2.36. The van der Waals surface area contributed by atoms with E-state index in [0.717, 1.165) is 25.1 Å². The molecule has 1 heterocycles. The summed E-state index contributed by atoms with van der Waals surface area (Å²) in [6, 6.07) is 1.16. The lowest BCUT2D eigenvalue weighted by Gasteiger charge is -2.32. The third-order valence-electron chi connectivity index (χ3n) is 3.84. The summed E-state index contributed by atoms with van der Waals surface area (Å²) >= 11 is 0. The van der Waals surface area contributed by atoms with E-state index in [1.165, 1.54) is 0 Å². The largest absolute Gasteiger partial charge is 0.433 e. The van der Waals surface area contributed by atoms with E-state index in [0.29, 0.717) is 24.8 Å². The number of halogens is 3. The number of nitrogens with two attached hydrogens (primary N) is 1. The average molecular weight is 303 g/mol. The first kappa shape index (κ1) is 15.9. The van der Waals surface area contributed by atoms with E-state index in [2.05, 4.69) is 4.98 Å². The van der Waals surface area contributed by atoms with Crippen molar-refractivity contribution in [1.29, 1.82) is 0 Å². The van der Waals surface area contributed by atoms with Gasteiger partial charge in [0, 0.05) is 19.7 Å². The highest BCUT2D eigenvalue weighted by Crippen LogP contribution is 2.39. The second-order valence-electron chi connectivity index (χ2n) is 5.39. The van der Waals surface area contributed by atoms with Crippen molar-refractivity contribution in [3.63, 3.8) is 0 Å². The maximum Gasteiger partial charge on any atom is 0.433 e. The van der Waals surface area contributed by atoms with E-state index < -0.39 is 11.9 Å². The summed E-state index contributed by atoms with van der Waals surface area (Å²) in [7, 11) is 1.57. The highest BCUT2D eigenvalue weighted by atomic mass is 19.4. The Morgan fingerprint density at radius 3 is 2.67 bits per heavy atom. The van der Waals surface area contributed by atoms with Crippen LogP contribution in [0.5, 0.6) is 0 Å². The van der Waals surface area contributed by atoms with Crippen LogP contribution in [0.3, 0.4) is 0 Å². The first-order valence-corrected chi connectivity index (χ1v) is 6.93. The van der Waals surface area contributed by atoms with Crippen molar-refractivity contribution >= 4 is 11.4 Å². The normalized spacial score (nSPS) is 16.8. The zero-order chi connectivity index (χ0) is 15.6. The van der Waals surface area contributed by atoms with Crippen LogP contribution in [-0.4, -0.2) is 31.3 Å². The zero-order valence-corrected chi connectivity index (χ0v) is 12.2. The van der Waals surface area contributed by atoms with Gasteiger partial charge in [-0.25, -0.2) is 4.98 Å². The van der Waals surface area contributed by atoms with Gasteiger partial charge in [0.05, 0.1) is 24.2 Å². The molecule has 1 aromatic heterocycles. The molecule has 1 aliphatic carbocycles. The summed E-state index contributed by atoms with van der Waals surface area (Å²) in [6.45, 7) is 2.94. The Morgan fingerprint density at radius 2 is 2.14 bits per heavy atom. The summed E-state index contributed by atoms with van der Waals surface area (Å²) in [5.41, 5.74) is 5.57. The number of alkyl halides is 3. The van der Waals surface area contributed by atoms with Gasteiger partial charge in [0.2, 0.25) is 0 Å². The first-order chi connectivity index (χ1) is 9.84. The first-order valence-electron chi connectivity index (χ1n) is 6.93. The van der Waals surface area contributed by atoms with Gasteiger partial charge in [-0.15, -0.1) is 0 Å². The molecule has 1 aromatic rings. The number of ether oxygens (including phenoxy) is 1. The molecule has 118 valence electrons. The molecule has 7 heteroatoms. The minimum atomic E-state index is -4.47. The van der Waals surface area contributed by atoms with Crippen LogP contribution in [0.1, 0.15) is 25.5 Å². The van der Waals surface area contributed by atoms with Crippen LogP contribution < -0.4 is 10.6 Å². The van der Waals surface area contributed by atoms with E-state index in [9.17, 15) is 13.2 Å². The van der Waals surface area contributed by atoms with Gasteiger partial charge in [-0.1, -0.05) is 0 Å². The van der Waals surface area contributed by atoms with Crippen LogP contribution in [0.25, 0.3) is 0 Å². The van der Waals surface area contributed by atoms with Crippen molar-refractivity contribution in [2.75, 3.05) is 30.9 Å². The Kier molecular flexibility index (Phi) is 4.61. The molecule has 2 rings (SSSR count). The predicted molar refractivity (Wildman–Crippen MR) is 75.1 cm³/mol. The minimum Gasteiger partial charge on any atom is -0.396 e. The van der Waals surface area contributed by atoms with Crippen LogP contribution in [0, 0.1) is 5.92 Å². The molecular formula is C14H20F3N3O. The number of nitrogen functional groups attached to an aromatic ring is 1. The number of methoxy groups -OCH3 is 1. The molecule has 1 atom stereocenters. The van der Waals surface area contributed by atoms with Gasteiger partial charge in [-0.2, -0.15) is 13.2 Å². The van der Waals surface area contributed by atoms with Crippen LogP contribution >= 0.6 is 0 Å². The van der Waals surface area contributed by atoms with Crippen molar-refractivity contribution in [2.45, 2.75) is 32.0 Å². The third-order valence-corrected chi connectivity index (χ3v) is 3.84. The summed E-state index contributed by atoms with van der Waals surface area (Å²) < 4.78 is 43.6. The maximum absolute atomic E-state index is 12.8. The topological polar surface area (TPSA) is 51.4 Å². The van der Waals surface area contributed by atoms with E-state index in [4.69, 9.17) is 10.5 Å². The molecule has 21 heavy (non-hydrogen) atoms. The zero-order valence-electron chi connectivity index (χ0n) is 12.2. The fourth-order valence-electron chi connectivity index (χ4n) is 2.43. The van der Waals surface area contributed by atoms with Gasteiger partial charge in [0.1, 0.15) is 5.69 Å². The van der Waals surface area contributed by atoms with Crippen LogP contribution in [-0.2, 0) is 10.9 Å². The number of hydrogen-bond donors (Lipinski definition) is 1. The van der Waals surface area contributed by atoms with Crippen molar-refractivity contribution < 1.29 is 17.9 Å². The van der Waals surface area contributed by atoms with Crippen molar-refractivity contribution in [3.05, 3.63) is 18.0 Å². The standard InChI is InChI=1S/C14H20F3N3O/c1-9(10-3-4-10)20(5-6-21-2)12-7-13(14(15,16)17)19-8-11(12)18/h7-10H,3-6,18H2,1-2H3.